The summed E-state index contributed by atoms with van der Waals surface area (Å²) in [6.07, 6.45) is 5.96. The summed E-state index contributed by atoms with van der Waals surface area (Å²) in [5, 5.41) is 21.6. The van der Waals surface area contributed by atoms with Gasteiger partial charge in [-0.15, -0.1) is 0 Å². The lowest BCUT2D eigenvalue weighted by Crippen LogP contribution is -2.41. The van der Waals surface area contributed by atoms with Crippen LogP contribution in [0, 0.1) is 0 Å². The fourth-order valence-corrected chi connectivity index (χ4v) is 5.47. The van der Waals surface area contributed by atoms with E-state index in [1.807, 2.05) is 60.8 Å². The van der Waals surface area contributed by atoms with Crippen LogP contribution in [-0.4, -0.2) is 43.1 Å². The first-order chi connectivity index (χ1) is 18.5. The summed E-state index contributed by atoms with van der Waals surface area (Å²) < 4.78 is 5.57. The van der Waals surface area contributed by atoms with E-state index in [9.17, 15) is 14.9 Å². The van der Waals surface area contributed by atoms with Crippen molar-refractivity contribution in [2.45, 2.75) is 37.0 Å². The van der Waals surface area contributed by atoms with Crippen LogP contribution in [0.5, 0.6) is 5.75 Å². The SMILES string of the molecule is O=C([O-])c1cccc2c1OB(O)[C@@H](SCc1ccc(CN(Cc3ccccn3)Cc3ccccn3)nc1)C2. The Morgan fingerprint density at radius 2 is 1.63 bits per heavy atom. The van der Waals surface area contributed by atoms with Crippen molar-refractivity contribution in [2.75, 3.05) is 0 Å². The van der Waals surface area contributed by atoms with E-state index < -0.39 is 13.1 Å². The highest BCUT2D eigenvalue weighted by Gasteiger charge is 2.36. The van der Waals surface area contributed by atoms with E-state index in [0.717, 1.165) is 28.2 Å². The smallest absolute Gasteiger partial charge is 0.536 e. The average Bonchev–Trinajstić information content (AvgIpc) is 2.93. The van der Waals surface area contributed by atoms with Crippen molar-refractivity contribution >= 4 is 24.8 Å². The summed E-state index contributed by atoms with van der Waals surface area (Å²) in [6, 6.07) is 20.8. The van der Waals surface area contributed by atoms with Crippen LogP contribution < -0.4 is 9.76 Å². The van der Waals surface area contributed by atoms with Crippen molar-refractivity contribution in [3.05, 3.63) is 119 Å². The quantitative estimate of drug-likeness (QED) is 0.313. The minimum atomic E-state index is -1.31. The molecule has 1 aliphatic heterocycles. The second-order valence-corrected chi connectivity index (χ2v) is 10.3. The van der Waals surface area contributed by atoms with E-state index >= 15 is 0 Å². The largest absolute Gasteiger partial charge is 0.545 e. The first-order valence-electron chi connectivity index (χ1n) is 12.3. The van der Waals surface area contributed by atoms with E-state index in [0.29, 0.717) is 31.8 Å². The molecule has 5 rings (SSSR count). The normalized spacial score (nSPS) is 14.7. The summed E-state index contributed by atoms with van der Waals surface area (Å²) in [5.74, 6) is -0.479. The van der Waals surface area contributed by atoms with Crippen LogP contribution in [0.15, 0.2) is 85.3 Å². The minimum Gasteiger partial charge on any atom is -0.545 e. The van der Waals surface area contributed by atoms with Gasteiger partial charge in [0.05, 0.1) is 28.2 Å². The standard InChI is InChI=1S/C28H27BN4O4S/c34-28(35)25-9-5-6-21-14-26(29(36)37-27(21)25)38-19-20-10-11-24(32-15-20)18-33(16-22-7-1-3-12-30-22)17-23-8-2-4-13-31-23/h1-13,15,26,36H,14,16-19H2,(H,34,35)/p-1/t26-/m0/s1. The lowest BCUT2D eigenvalue weighted by molar-refractivity contribution is -0.255. The van der Waals surface area contributed by atoms with E-state index in [1.54, 1.807) is 30.2 Å². The first-order valence-corrected chi connectivity index (χ1v) is 13.4. The number of benzene rings is 1. The number of hydrogen-bond donors (Lipinski definition) is 1. The Morgan fingerprint density at radius 1 is 0.947 bits per heavy atom. The van der Waals surface area contributed by atoms with E-state index in [2.05, 4.69) is 19.9 Å². The number of aromatic nitrogens is 3. The van der Waals surface area contributed by atoms with Crippen LogP contribution in [0.3, 0.4) is 0 Å². The molecule has 1 atom stereocenters. The number of nitrogens with zero attached hydrogens (tertiary/aromatic N) is 4. The minimum absolute atomic E-state index is 0.0371. The zero-order valence-electron chi connectivity index (χ0n) is 20.6. The van der Waals surface area contributed by atoms with Crippen LogP contribution in [0.1, 0.15) is 38.6 Å². The fourth-order valence-electron chi connectivity index (χ4n) is 4.38. The van der Waals surface area contributed by atoms with Crippen LogP contribution in [0.2, 0.25) is 0 Å². The van der Waals surface area contributed by atoms with Crippen LogP contribution >= 0.6 is 11.8 Å². The van der Waals surface area contributed by atoms with Gasteiger partial charge in [-0.05, 0) is 53.9 Å². The van der Waals surface area contributed by atoms with Crippen molar-refractivity contribution in [2.24, 2.45) is 0 Å². The highest BCUT2D eigenvalue weighted by Crippen LogP contribution is 2.34. The predicted molar refractivity (Wildman–Crippen MR) is 144 cm³/mol. The van der Waals surface area contributed by atoms with Gasteiger partial charge in [0.1, 0.15) is 5.75 Å². The third-order valence-electron chi connectivity index (χ3n) is 6.25. The van der Waals surface area contributed by atoms with Crippen molar-refractivity contribution in [1.29, 1.82) is 0 Å². The molecule has 192 valence electrons. The predicted octanol–water partition coefficient (Wildman–Crippen LogP) is 2.69. The molecule has 0 unspecified atom stereocenters. The number of carboxylic acids is 1. The number of aromatic carboxylic acids is 1. The number of thioether (sulfide) groups is 1. The van der Waals surface area contributed by atoms with Gasteiger partial charge >= 0.3 is 7.12 Å². The van der Waals surface area contributed by atoms with Crippen molar-refractivity contribution in [1.82, 2.24) is 19.9 Å². The van der Waals surface area contributed by atoms with Crippen LogP contribution in [-0.2, 0) is 31.8 Å². The molecule has 8 nitrogen and oxygen atoms in total. The Hall–Kier alpha value is -3.73. The molecule has 0 saturated heterocycles. The van der Waals surface area contributed by atoms with Gasteiger partial charge in [-0.1, -0.05) is 30.3 Å². The van der Waals surface area contributed by atoms with Crippen molar-refractivity contribution in [3.8, 4) is 5.75 Å². The van der Waals surface area contributed by atoms with Crippen LogP contribution in [0.4, 0.5) is 0 Å². The monoisotopic (exact) mass is 525 g/mol. The van der Waals surface area contributed by atoms with Gasteiger partial charge in [-0.25, -0.2) is 0 Å². The fraction of sp³-hybridized carbons (Fsp3) is 0.214. The summed E-state index contributed by atoms with van der Waals surface area (Å²) in [5.41, 5.74) is 4.65. The number of carbonyl (C=O) groups is 1. The molecule has 3 aromatic heterocycles. The molecule has 0 saturated carbocycles. The first kappa shape index (κ1) is 25.9. The van der Waals surface area contributed by atoms with Crippen molar-refractivity contribution < 1.29 is 19.6 Å². The number of para-hydroxylation sites is 1. The molecule has 4 aromatic rings. The van der Waals surface area contributed by atoms with Gasteiger partial charge in [-0.3, -0.25) is 19.9 Å². The van der Waals surface area contributed by atoms with Crippen LogP contribution in [0.25, 0.3) is 0 Å². The van der Waals surface area contributed by atoms with E-state index in [1.165, 1.54) is 6.07 Å². The van der Waals surface area contributed by atoms with Gasteiger partial charge < -0.3 is 19.6 Å². The molecule has 0 aliphatic carbocycles. The van der Waals surface area contributed by atoms with Gasteiger partial charge in [-0.2, -0.15) is 11.8 Å². The Kier molecular flexibility index (Phi) is 8.33. The number of rotatable bonds is 10. The summed E-state index contributed by atoms with van der Waals surface area (Å²) in [6.45, 7) is 2.00. The Morgan fingerprint density at radius 3 is 2.21 bits per heavy atom. The molecular weight excluding hydrogens is 499 g/mol. The second kappa shape index (κ2) is 12.2. The highest BCUT2D eigenvalue weighted by molar-refractivity contribution is 8.00. The molecule has 1 N–H and O–H groups in total. The Labute approximate surface area is 225 Å². The number of hydrogen-bond acceptors (Lipinski definition) is 9. The van der Waals surface area contributed by atoms with Crippen molar-refractivity contribution in [3.63, 3.8) is 0 Å². The Balaban J connectivity index is 1.21. The third-order valence-corrected chi connectivity index (χ3v) is 7.58. The van der Waals surface area contributed by atoms with E-state index in [-0.39, 0.29) is 16.5 Å². The number of pyridine rings is 3. The molecule has 1 aromatic carbocycles. The third kappa shape index (κ3) is 6.58. The molecule has 4 heterocycles. The number of carboxylic acid groups (broad SMARTS) is 1. The summed E-state index contributed by atoms with van der Waals surface area (Å²) in [4.78, 5) is 27.2. The molecule has 1 aliphatic rings. The maximum absolute atomic E-state index is 11.4. The number of fused-ring (bicyclic) bond motifs is 1. The molecular formula is C28H26BN4O4S-. The molecule has 10 heteroatoms. The average molecular weight is 525 g/mol. The zero-order valence-corrected chi connectivity index (χ0v) is 21.5. The molecule has 38 heavy (non-hydrogen) atoms. The molecule has 0 radical (unpaired) electrons. The molecule has 0 spiro atoms. The summed E-state index contributed by atoms with van der Waals surface area (Å²) in [7, 11) is -1.10. The molecule has 0 amide bonds. The van der Waals surface area contributed by atoms with Gasteiger partial charge in [0, 0.05) is 49.5 Å². The maximum Gasteiger partial charge on any atom is 0.536 e. The molecule has 0 fully saturated rings. The van der Waals surface area contributed by atoms with Gasteiger partial charge in [0.2, 0.25) is 0 Å². The zero-order chi connectivity index (χ0) is 26.3. The number of carbonyl (C=O) groups excluding carboxylic acids is 1. The van der Waals surface area contributed by atoms with E-state index in [4.69, 9.17) is 4.65 Å². The Bertz CT molecular complexity index is 1320. The lowest BCUT2D eigenvalue weighted by Gasteiger charge is -2.28. The lowest BCUT2D eigenvalue weighted by atomic mass is 9.77. The highest BCUT2D eigenvalue weighted by atomic mass is 32.2. The van der Waals surface area contributed by atoms with Gasteiger partial charge in [0.15, 0.2) is 0 Å². The molecule has 0 bridgehead atoms. The van der Waals surface area contributed by atoms with Gasteiger partial charge in [0.25, 0.3) is 0 Å². The second-order valence-electron chi connectivity index (χ2n) is 9.09. The summed E-state index contributed by atoms with van der Waals surface area (Å²) >= 11 is 1.55. The topological polar surface area (TPSA) is 112 Å². The maximum atomic E-state index is 11.4.